The van der Waals surface area contributed by atoms with E-state index in [1.165, 1.54) is 6.42 Å². The number of halogens is 2. The van der Waals surface area contributed by atoms with Crippen LogP contribution < -0.4 is 5.32 Å². The van der Waals surface area contributed by atoms with Crippen LogP contribution in [0.25, 0.3) is 0 Å². The minimum atomic E-state index is -0.952. The number of nitrogens with one attached hydrogen (secondary N) is 1. The number of carboxylic acid groups (broad SMARTS) is 1. The number of carbonyl (C=O) groups is 2. The van der Waals surface area contributed by atoms with E-state index in [-0.39, 0.29) is 30.2 Å². The van der Waals surface area contributed by atoms with E-state index in [0.717, 1.165) is 24.0 Å². The van der Waals surface area contributed by atoms with E-state index in [2.05, 4.69) is 17.4 Å². The number of hydrogen-bond donors (Lipinski definition) is 2. The molecule has 1 aliphatic heterocycles. The third kappa shape index (κ3) is 4.50. The molecule has 1 heterocycles. The van der Waals surface area contributed by atoms with Gasteiger partial charge in [0, 0.05) is 33.8 Å². The van der Waals surface area contributed by atoms with Crippen molar-refractivity contribution < 1.29 is 14.7 Å². The number of hydrogen-bond acceptors (Lipinski definition) is 2. The van der Waals surface area contributed by atoms with Crippen molar-refractivity contribution in [3.8, 4) is 0 Å². The summed E-state index contributed by atoms with van der Waals surface area (Å²) in [5, 5.41) is 13.8. The Labute approximate surface area is 186 Å². The molecule has 4 nitrogen and oxygen atoms in total. The lowest BCUT2D eigenvalue weighted by Gasteiger charge is -2.46. The zero-order valence-corrected chi connectivity index (χ0v) is 18.1. The van der Waals surface area contributed by atoms with Gasteiger partial charge in [0.15, 0.2) is 0 Å². The molecular formula is C24H25Cl2NO3. The number of carbonyl (C=O) groups excluding carboxylic acids is 1. The Kier molecular flexibility index (Phi) is 6.35. The highest BCUT2D eigenvalue weighted by atomic mass is 35.5. The molecule has 2 aromatic rings. The molecule has 1 unspecified atom stereocenters. The summed E-state index contributed by atoms with van der Waals surface area (Å²) in [6.45, 7) is 0. The molecule has 1 saturated carbocycles. The van der Waals surface area contributed by atoms with Crippen LogP contribution in [0.1, 0.15) is 55.1 Å². The average molecular weight is 446 g/mol. The minimum absolute atomic E-state index is 0.00738. The number of carboxylic acids is 1. The summed E-state index contributed by atoms with van der Waals surface area (Å²) in [6, 6.07) is 15.5. The third-order valence-corrected chi connectivity index (χ3v) is 7.14. The first-order chi connectivity index (χ1) is 14.4. The quantitative estimate of drug-likeness (QED) is 0.604. The summed E-state index contributed by atoms with van der Waals surface area (Å²) in [6.07, 6.45) is 3.78. The van der Waals surface area contributed by atoms with E-state index in [1.54, 1.807) is 0 Å². The number of benzene rings is 2. The third-order valence-electron chi connectivity index (χ3n) is 6.65. The highest BCUT2D eigenvalue weighted by molar-refractivity contribution is 6.30. The van der Waals surface area contributed by atoms with Gasteiger partial charge in [-0.25, -0.2) is 0 Å². The Balaban J connectivity index is 1.73. The molecule has 1 aliphatic carbocycles. The van der Waals surface area contributed by atoms with Crippen molar-refractivity contribution in [2.24, 2.45) is 11.8 Å². The second-order valence-electron chi connectivity index (χ2n) is 8.49. The van der Waals surface area contributed by atoms with Crippen molar-refractivity contribution in [3.05, 3.63) is 69.7 Å². The monoisotopic (exact) mass is 445 g/mol. The SMILES string of the molecule is O=C(O)C[C@H]1C[C@H](c2cccc(Cl)c2)[C@@H](C(c2ccc(Cl)cc2)C2CCC2)NC1=O. The Bertz CT molecular complexity index is 926. The van der Waals surface area contributed by atoms with Gasteiger partial charge in [-0.1, -0.05) is 53.9 Å². The fraction of sp³-hybridized carbons (Fsp3) is 0.417. The molecule has 0 spiro atoms. The summed E-state index contributed by atoms with van der Waals surface area (Å²) in [5.74, 6) is -1.04. The fourth-order valence-electron chi connectivity index (χ4n) is 5.01. The zero-order valence-electron chi connectivity index (χ0n) is 16.6. The highest BCUT2D eigenvalue weighted by Gasteiger charge is 2.44. The van der Waals surface area contributed by atoms with Gasteiger partial charge in [-0.2, -0.15) is 0 Å². The number of piperidine rings is 1. The molecule has 0 bridgehead atoms. The molecule has 4 rings (SSSR count). The summed E-state index contributed by atoms with van der Waals surface area (Å²) in [4.78, 5) is 24.2. The van der Waals surface area contributed by atoms with E-state index < -0.39 is 11.9 Å². The molecule has 0 aromatic heterocycles. The lowest BCUT2D eigenvalue weighted by molar-refractivity contribution is -0.142. The van der Waals surface area contributed by atoms with Crippen molar-refractivity contribution in [2.75, 3.05) is 0 Å². The highest BCUT2D eigenvalue weighted by Crippen LogP contribution is 2.47. The molecule has 0 radical (unpaired) electrons. The topological polar surface area (TPSA) is 66.4 Å². The molecule has 6 heteroatoms. The van der Waals surface area contributed by atoms with Crippen LogP contribution in [0.4, 0.5) is 0 Å². The van der Waals surface area contributed by atoms with Crippen LogP contribution in [-0.4, -0.2) is 23.0 Å². The maximum atomic E-state index is 12.9. The van der Waals surface area contributed by atoms with E-state index >= 15 is 0 Å². The second-order valence-corrected chi connectivity index (χ2v) is 9.37. The summed E-state index contributed by atoms with van der Waals surface area (Å²) >= 11 is 12.4. The lowest BCUT2D eigenvalue weighted by atomic mass is 9.64. The molecule has 1 saturated heterocycles. The van der Waals surface area contributed by atoms with Crippen molar-refractivity contribution in [2.45, 2.75) is 50.0 Å². The van der Waals surface area contributed by atoms with Gasteiger partial charge in [0.1, 0.15) is 0 Å². The standard InChI is InChI=1S/C24H25Cl2NO3/c25-18-9-7-15(8-10-18)22(14-3-1-4-14)23-20(16-5-2-6-19(26)11-16)12-17(13-21(28)29)24(30)27-23/h2,5-11,14,17,20,22-23H,1,3-4,12-13H2,(H,27,30)(H,28,29)/t17-,20-,22?,23+/m1/s1. The summed E-state index contributed by atoms with van der Waals surface area (Å²) in [7, 11) is 0. The predicted molar refractivity (Wildman–Crippen MR) is 118 cm³/mol. The largest absolute Gasteiger partial charge is 0.481 e. The van der Waals surface area contributed by atoms with E-state index in [0.29, 0.717) is 22.4 Å². The lowest BCUT2D eigenvalue weighted by Crippen LogP contribution is -2.53. The number of rotatable bonds is 6. The first-order valence-electron chi connectivity index (χ1n) is 10.5. The van der Waals surface area contributed by atoms with Gasteiger partial charge in [-0.15, -0.1) is 0 Å². The van der Waals surface area contributed by atoms with Gasteiger partial charge in [0.05, 0.1) is 6.42 Å². The summed E-state index contributed by atoms with van der Waals surface area (Å²) < 4.78 is 0. The fourth-order valence-corrected chi connectivity index (χ4v) is 5.33. The number of aliphatic carboxylic acids is 1. The molecule has 30 heavy (non-hydrogen) atoms. The second kappa shape index (κ2) is 8.99. The molecule has 2 N–H and O–H groups in total. The Morgan fingerprint density at radius 3 is 2.43 bits per heavy atom. The van der Waals surface area contributed by atoms with Gasteiger partial charge in [-0.05, 0) is 60.6 Å². The van der Waals surface area contributed by atoms with Crippen LogP contribution in [0.5, 0.6) is 0 Å². The van der Waals surface area contributed by atoms with E-state index in [1.807, 2.05) is 36.4 Å². The van der Waals surface area contributed by atoms with Crippen molar-refractivity contribution in [1.82, 2.24) is 5.32 Å². The van der Waals surface area contributed by atoms with Crippen LogP contribution in [0, 0.1) is 11.8 Å². The molecule has 158 valence electrons. The van der Waals surface area contributed by atoms with Gasteiger partial charge in [0.25, 0.3) is 0 Å². The minimum Gasteiger partial charge on any atom is -0.481 e. The zero-order chi connectivity index (χ0) is 21.3. The Hall–Kier alpha value is -2.04. The smallest absolute Gasteiger partial charge is 0.304 e. The van der Waals surface area contributed by atoms with Gasteiger partial charge in [-0.3, -0.25) is 9.59 Å². The Morgan fingerprint density at radius 1 is 1.10 bits per heavy atom. The van der Waals surface area contributed by atoms with Gasteiger partial charge < -0.3 is 10.4 Å². The van der Waals surface area contributed by atoms with Crippen molar-refractivity contribution >= 4 is 35.1 Å². The first-order valence-corrected chi connectivity index (χ1v) is 11.2. The molecule has 2 fully saturated rings. The maximum absolute atomic E-state index is 12.9. The molecular weight excluding hydrogens is 421 g/mol. The van der Waals surface area contributed by atoms with Gasteiger partial charge >= 0.3 is 5.97 Å². The van der Waals surface area contributed by atoms with Crippen molar-refractivity contribution in [1.29, 1.82) is 0 Å². The average Bonchev–Trinajstić information content (AvgIpc) is 2.66. The Morgan fingerprint density at radius 2 is 1.83 bits per heavy atom. The summed E-state index contributed by atoms with van der Waals surface area (Å²) in [5.41, 5.74) is 2.21. The molecule has 1 amide bonds. The van der Waals surface area contributed by atoms with Crippen LogP contribution in [0.15, 0.2) is 48.5 Å². The first kappa shape index (κ1) is 21.2. The van der Waals surface area contributed by atoms with Gasteiger partial charge in [0.2, 0.25) is 5.91 Å². The van der Waals surface area contributed by atoms with Crippen LogP contribution in [0.3, 0.4) is 0 Å². The van der Waals surface area contributed by atoms with Crippen LogP contribution >= 0.6 is 23.2 Å². The maximum Gasteiger partial charge on any atom is 0.304 e. The van der Waals surface area contributed by atoms with Crippen LogP contribution in [-0.2, 0) is 9.59 Å². The molecule has 2 aliphatic rings. The predicted octanol–water partition coefficient (Wildman–Crippen LogP) is 5.64. The number of amides is 1. The van der Waals surface area contributed by atoms with E-state index in [4.69, 9.17) is 23.2 Å². The van der Waals surface area contributed by atoms with Crippen LogP contribution in [0.2, 0.25) is 10.0 Å². The van der Waals surface area contributed by atoms with E-state index in [9.17, 15) is 14.7 Å². The molecule has 2 aromatic carbocycles. The van der Waals surface area contributed by atoms with Crippen molar-refractivity contribution in [3.63, 3.8) is 0 Å². The molecule has 4 atom stereocenters. The normalized spacial score (nSPS) is 25.3.